The van der Waals surface area contributed by atoms with Crippen LogP contribution < -0.4 is 15.6 Å². The number of hydrogen-bond donors (Lipinski definition) is 1. The molecule has 1 aromatic carbocycles. The SMILES string of the molecule is COc1nc(C)cc(=O)n1CC(=O)Nc1ccccc1C. The van der Waals surface area contributed by atoms with Crippen molar-refractivity contribution in [3.63, 3.8) is 0 Å². The molecule has 0 aliphatic heterocycles. The van der Waals surface area contributed by atoms with Crippen molar-refractivity contribution in [2.24, 2.45) is 0 Å². The molecule has 2 rings (SSSR count). The van der Waals surface area contributed by atoms with Gasteiger partial charge in [-0.15, -0.1) is 0 Å². The molecular weight excluding hydrogens is 270 g/mol. The van der Waals surface area contributed by atoms with Gasteiger partial charge < -0.3 is 10.1 Å². The lowest BCUT2D eigenvalue weighted by atomic mass is 10.2. The van der Waals surface area contributed by atoms with E-state index in [1.807, 2.05) is 25.1 Å². The van der Waals surface area contributed by atoms with Crippen molar-refractivity contribution < 1.29 is 9.53 Å². The molecule has 0 saturated carbocycles. The summed E-state index contributed by atoms with van der Waals surface area (Å²) >= 11 is 0. The second-order valence-electron chi connectivity index (χ2n) is 4.67. The Morgan fingerprint density at radius 1 is 1.33 bits per heavy atom. The van der Waals surface area contributed by atoms with Gasteiger partial charge in [0.25, 0.3) is 11.6 Å². The molecule has 2 aromatic rings. The first-order valence-corrected chi connectivity index (χ1v) is 6.49. The molecule has 0 aliphatic rings. The number of methoxy groups -OCH3 is 1. The van der Waals surface area contributed by atoms with Crippen LogP contribution in [0.4, 0.5) is 5.69 Å². The molecule has 0 saturated heterocycles. The molecule has 0 radical (unpaired) electrons. The summed E-state index contributed by atoms with van der Waals surface area (Å²) in [6.07, 6.45) is 0. The summed E-state index contributed by atoms with van der Waals surface area (Å²) in [4.78, 5) is 28.1. The maximum Gasteiger partial charge on any atom is 0.299 e. The van der Waals surface area contributed by atoms with Gasteiger partial charge in [0.15, 0.2) is 0 Å². The van der Waals surface area contributed by atoms with Crippen molar-refractivity contribution in [2.45, 2.75) is 20.4 Å². The van der Waals surface area contributed by atoms with Crippen LogP contribution in [0.1, 0.15) is 11.3 Å². The van der Waals surface area contributed by atoms with Crippen LogP contribution in [-0.4, -0.2) is 22.6 Å². The second-order valence-corrected chi connectivity index (χ2v) is 4.67. The third kappa shape index (κ3) is 3.47. The minimum atomic E-state index is -0.320. The predicted octanol–water partition coefficient (Wildman–Crippen LogP) is 1.51. The minimum Gasteiger partial charge on any atom is -0.468 e. The quantitative estimate of drug-likeness (QED) is 0.925. The van der Waals surface area contributed by atoms with Crippen LogP contribution in [0.5, 0.6) is 6.01 Å². The first kappa shape index (κ1) is 14.8. The standard InChI is InChI=1S/C15H17N3O3/c1-10-6-4-5-7-12(10)17-13(19)9-18-14(20)8-11(2)16-15(18)21-3/h4-8H,9H2,1-3H3,(H,17,19). The number of para-hydroxylation sites is 1. The second kappa shape index (κ2) is 6.21. The number of carbonyl (C=O) groups excluding carboxylic acids is 1. The summed E-state index contributed by atoms with van der Waals surface area (Å²) < 4.78 is 6.25. The highest BCUT2D eigenvalue weighted by molar-refractivity contribution is 5.91. The lowest BCUT2D eigenvalue weighted by Crippen LogP contribution is -2.29. The van der Waals surface area contributed by atoms with Crippen LogP contribution in [0.3, 0.4) is 0 Å². The average molecular weight is 287 g/mol. The molecule has 1 N–H and O–H groups in total. The van der Waals surface area contributed by atoms with Gasteiger partial charge in [0.05, 0.1) is 7.11 Å². The van der Waals surface area contributed by atoms with Gasteiger partial charge in [0.2, 0.25) is 5.91 Å². The van der Waals surface area contributed by atoms with Gasteiger partial charge in [-0.25, -0.2) is 4.98 Å². The molecule has 1 heterocycles. The molecule has 6 nitrogen and oxygen atoms in total. The van der Waals surface area contributed by atoms with Gasteiger partial charge in [0.1, 0.15) is 6.54 Å². The van der Waals surface area contributed by atoms with Gasteiger partial charge in [-0.1, -0.05) is 18.2 Å². The Labute approximate surface area is 122 Å². The Bertz CT molecular complexity index is 722. The summed E-state index contributed by atoms with van der Waals surface area (Å²) in [5.74, 6) is -0.310. The van der Waals surface area contributed by atoms with Crippen molar-refractivity contribution >= 4 is 11.6 Å². The zero-order chi connectivity index (χ0) is 15.4. The molecule has 0 unspecified atom stereocenters. The highest BCUT2D eigenvalue weighted by Crippen LogP contribution is 2.13. The Balaban J connectivity index is 2.21. The van der Waals surface area contributed by atoms with Crippen molar-refractivity contribution in [3.8, 4) is 6.01 Å². The van der Waals surface area contributed by atoms with Crippen molar-refractivity contribution in [1.82, 2.24) is 9.55 Å². The van der Waals surface area contributed by atoms with Crippen LogP contribution in [0.15, 0.2) is 35.1 Å². The number of carbonyl (C=O) groups is 1. The number of amides is 1. The van der Waals surface area contributed by atoms with Crippen molar-refractivity contribution in [1.29, 1.82) is 0 Å². The molecule has 1 amide bonds. The number of nitrogens with one attached hydrogen (secondary N) is 1. The van der Waals surface area contributed by atoms with Crippen LogP contribution in [0.25, 0.3) is 0 Å². The zero-order valence-corrected chi connectivity index (χ0v) is 12.2. The van der Waals surface area contributed by atoms with Crippen LogP contribution in [0.2, 0.25) is 0 Å². The lowest BCUT2D eigenvalue weighted by Gasteiger charge is -2.12. The van der Waals surface area contributed by atoms with E-state index in [2.05, 4.69) is 10.3 Å². The molecule has 21 heavy (non-hydrogen) atoms. The average Bonchev–Trinajstić information content (AvgIpc) is 2.44. The Kier molecular flexibility index (Phi) is 4.37. The van der Waals surface area contributed by atoms with Crippen LogP contribution in [0, 0.1) is 13.8 Å². The summed E-state index contributed by atoms with van der Waals surface area (Å²) in [5, 5.41) is 2.77. The first-order chi connectivity index (χ1) is 10.0. The molecule has 110 valence electrons. The summed E-state index contributed by atoms with van der Waals surface area (Å²) in [6, 6.07) is 8.92. The highest BCUT2D eigenvalue weighted by atomic mass is 16.5. The summed E-state index contributed by atoms with van der Waals surface area (Å²) in [5.41, 5.74) is 1.90. The fourth-order valence-electron chi connectivity index (χ4n) is 1.94. The fourth-order valence-corrected chi connectivity index (χ4v) is 1.94. The number of aryl methyl sites for hydroxylation is 2. The van der Waals surface area contributed by atoms with Gasteiger partial charge in [-0.2, -0.15) is 0 Å². The molecular formula is C15H17N3O3. The van der Waals surface area contributed by atoms with E-state index in [-0.39, 0.29) is 24.0 Å². The smallest absolute Gasteiger partial charge is 0.299 e. The largest absolute Gasteiger partial charge is 0.468 e. The van der Waals surface area contributed by atoms with Crippen molar-refractivity contribution in [3.05, 3.63) is 51.9 Å². The Morgan fingerprint density at radius 3 is 2.71 bits per heavy atom. The molecule has 0 aliphatic carbocycles. The lowest BCUT2D eigenvalue weighted by molar-refractivity contribution is -0.116. The van der Waals surface area contributed by atoms with E-state index >= 15 is 0 Å². The molecule has 0 atom stereocenters. The number of benzene rings is 1. The third-order valence-corrected chi connectivity index (χ3v) is 3.00. The number of aromatic nitrogens is 2. The topological polar surface area (TPSA) is 73.2 Å². The molecule has 1 aromatic heterocycles. The number of nitrogens with zero attached hydrogens (tertiary/aromatic N) is 2. The molecule has 0 fully saturated rings. The first-order valence-electron chi connectivity index (χ1n) is 6.49. The Morgan fingerprint density at radius 2 is 2.05 bits per heavy atom. The normalized spacial score (nSPS) is 10.2. The van der Waals surface area contributed by atoms with Gasteiger partial charge in [0, 0.05) is 17.4 Å². The number of hydrogen-bond acceptors (Lipinski definition) is 4. The van der Waals surface area contributed by atoms with Crippen LogP contribution >= 0.6 is 0 Å². The molecule has 6 heteroatoms. The van der Waals surface area contributed by atoms with Crippen LogP contribution in [-0.2, 0) is 11.3 Å². The van der Waals surface area contributed by atoms with E-state index in [0.29, 0.717) is 5.69 Å². The zero-order valence-electron chi connectivity index (χ0n) is 12.2. The number of anilines is 1. The van der Waals surface area contributed by atoms with E-state index < -0.39 is 0 Å². The van der Waals surface area contributed by atoms with Crippen molar-refractivity contribution in [2.75, 3.05) is 12.4 Å². The molecule has 0 bridgehead atoms. The van der Waals surface area contributed by atoms with Gasteiger partial charge in [-0.3, -0.25) is 14.2 Å². The summed E-state index contributed by atoms with van der Waals surface area (Å²) in [7, 11) is 1.41. The maximum absolute atomic E-state index is 12.1. The van der Waals surface area contributed by atoms with E-state index in [4.69, 9.17) is 4.74 Å². The Hall–Kier alpha value is -2.63. The summed E-state index contributed by atoms with van der Waals surface area (Å²) in [6.45, 7) is 3.45. The third-order valence-electron chi connectivity index (χ3n) is 3.00. The molecule has 0 spiro atoms. The van der Waals surface area contributed by atoms with Gasteiger partial charge >= 0.3 is 0 Å². The minimum absolute atomic E-state index is 0.125. The number of rotatable bonds is 4. The predicted molar refractivity (Wildman–Crippen MR) is 79.6 cm³/mol. The monoisotopic (exact) mass is 287 g/mol. The van der Waals surface area contributed by atoms with E-state index in [1.165, 1.54) is 17.7 Å². The van der Waals surface area contributed by atoms with E-state index in [0.717, 1.165) is 11.3 Å². The number of ether oxygens (including phenoxy) is 1. The van der Waals surface area contributed by atoms with E-state index in [9.17, 15) is 9.59 Å². The van der Waals surface area contributed by atoms with E-state index in [1.54, 1.807) is 13.0 Å². The maximum atomic E-state index is 12.1. The highest BCUT2D eigenvalue weighted by Gasteiger charge is 2.12. The van der Waals surface area contributed by atoms with Gasteiger partial charge in [-0.05, 0) is 25.5 Å². The fraction of sp³-hybridized carbons (Fsp3) is 0.267.